The molecule has 7 heteroatoms. The number of carbonyl (C=O) groups excluding carboxylic acids is 2. The summed E-state index contributed by atoms with van der Waals surface area (Å²) in [6.45, 7) is 9.07. The van der Waals surface area contributed by atoms with Crippen LogP contribution in [0.25, 0.3) is 0 Å². The molecule has 0 bridgehead atoms. The first kappa shape index (κ1) is 19.1. The maximum atomic E-state index is 11.8. The van der Waals surface area contributed by atoms with Gasteiger partial charge in [-0.15, -0.1) is 0 Å². The minimum absolute atomic E-state index is 0.0243. The van der Waals surface area contributed by atoms with Gasteiger partial charge in [-0.05, 0) is 56.5 Å². The lowest BCUT2D eigenvalue weighted by Gasteiger charge is -2.14. The molecule has 7 nitrogen and oxygen atoms in total. The summed E-state index contributed by atoms with van der Waals surface area (Å²) in [6.07, 6.45) is 1.37. The van der Waals surface area contributed by atoms with Crippen LogP contribution in [0.4, 0.5) is 17.3 Å². The number of Topliss-reactive ketones (excluding diaryl/α,β-unsaturated/α-hetero) is 1. The molecule has 0 unspecified atom stereocenters. The number of aryl methyl sites for hydroxylation is 2. The van der Waals surface area contributed by atoms with Gasteiger partial charge in [0.1, 0.15) is 0 Å². The van der Waals surface area contributed by atoms with Gasteiger partial charge in [0.2, 0.25) is 0 Å². The van der Waals surface area contributed by atoms with E-state index in [2.05, 4.69) is 20.6 Å². The van der Waals surface area contributed by atoms with E-state index < -0.39 is 5.91 Å². The van der Waals surface area contributed by atoms with E-state index in [4.69, 9.17) is 5.73 Å². The van der Waals surface area contributed by atoms with Crippen LogP contribution in [0.3, 0.4) is 0 Å². The van der Waals surface area contributed by atoms with Crippen LogP contribution in [0.2, 0.25) is 0 Å². The summed E-state index contributed by atoms with van der Waals surface area (Å²) in [5.41, 5.74) is 9.60. The predicted octanol–water partition coefficient (Wildman–Crippen LogP) is 3.23. The molecule has 0 aliphatic heterocycles. The quantitative estimate of drug-likeness (QED) is 0.688. The van der Waals surface area contributed by atoms with Crippen molar-refractivity contribution in [3.63, 3.8) is 0 Å². The zero-order chi connectivity index (χ0) is 19.4. The monoisotopic (exact) mass is 353 g/mol. The van der Waals surface area contributed by atoms with Gasteiger partial charge in [-0.1, -0.05) is 6.07 Å². The molecule has 4 N–H and O–H groups in total. The van der Waals surface area contributed by atoms with Crippen LogP contribution >= 0.6 is 0 Å². The summed E-state index contributed by atoms with van der Waals surface area (Å²) < 4.78 is 0. The molecule has 1 amide bonds. The van der Waals surface area contributed by atoms with Gasteiger partial charge in [0.05, 0.1) is 11.9 Å². The maximum absolute atomic E-state index is 11.8. The van der Waals surface area contributed by atoms with Gasteiger partial charge in [-0.25, -0.2) is 9.97 Å². The Labute approximate surface area is 152 Å². The second-order valence-corrected chi connectivity index (χ2v) is 6.37. The van der Waals surface area contributed by atoms with Crippen LogP contribution < -0.4 is 16.4 Å². The lowest BCUT2D eigenvalue weighted by atomic mass is 10.1. The molecule has 0 spiro atoms. The molecule has 0 aliphatic rings. The van der Waals surface area contributed by atoms with Crippen molar-refractivity contribution >= 4 is 29.0 Å². The summed E-state index contributed by atoms with van der Waals surface area (Å²) in [5.74, 6) is -0.239. The number of primary amides is 1. The maximum Gasteiger partial charge on any atom is 0.271 e. The summed E-state index contributed by atoms with van der Waals surface area (Å²) in [4.78, 5) is 31.9. The largest absolute Gasteiger partial charge is 0.364 e. The molecule has 2 aromatic rings. The molecule has 2 rings (SSSR count). The number of hydrogen-bond donors (Lipinski definition) is 3. The molecule has 0 fully saturated rings. The van der Waals surface area contributed by atoms with Gasteiger partial charge in [-0.2, -0.15) is 0 Å². The molecule has 0 atom stereocenters. The van der Waals surface area contributed by atoms with Crippen molar-refractivity contribution in [1.29, 1.82) is 0 Å². The fourth-order valence-electron chi connectivity index (χ4n) is 2.59. The van der Waals surface area contributed by atoms with Gasteiger partial charge in [0, 0.05) is 12.6 Å². The first-order chi connectivity index (χ1) is 12.2. The predicted molar refractivity (Wildman–Crippen MR) is 102 cm³/mol. The van der Waals surface area contributed by atoms with E-state index in [9.17, 15) is 9.59 Å². The van der Waals surface area contributed by atoms with E-state index in [1.165, 1.54) is 13.1 Å². The molecular weight excluding hydrogens is 330 g/mol. The van der Waals surface area contributed by atoms with E-state index >= 15 is 0 Å². The fraction of sp³-hybridized carbons (Fsp3) is 0.263. The molecule has 0 saturated carbocycles. The highest BCUT2D eigenvalue weighted by atomic mass is 16.1. The number of allylic oxidation sites excluding steroid dienone is 2. The van der Waals surface area contributed by atoms with Crippen LogP contribution in [-0.2, 0) is 4.79 Å². The molecule has 26 heavy (non-hydrogen) atoms. The third kappa shape index (κ3) is 4.66. The highest BCUT2D eigenvalue weighted by Crippen LogP contribution is 2.22. The number of amides is 1. The minimum atomic E-state index is -0.690. The van der Waals surface area contributed by atoms with Gasteiger partial charge in [-0.3, -0.25) is 9.59 Å². The van der Waals surface area contributed by atoms with Crippen LogP contribution in [-0.4, -0.2) is 21.7 Å². The summed E-state index contributed by atoms with van der Waals surface area (Å²) in [5, 5.41) is 6.05. The number of nitrogens with one attached hydrogen (secondary N) is 2. The molecule has 0 saturated heterocycles. The van der Waals surface area contributed by atoms with Crippen molar-refractivity contribution in [3.05, 3.63) is 52.5 Å². The van der Waals surface area contributed by atoms with Crippen LogP contribution in [0.1, 0.15) is 42.4 Å². The van der Waals surface area contributed by atoms with Gasteiger partial charge < -0.3 is 16.4 Å². The minimum Gasteiger partial charge on any atom is -0.364 e. The number of benzene rings is 1. The van der Waals surface area contributed by atoms with Crippen LogP contribution in [0.5, 0.6) is 0 Å². The Kier molecular flexibility index (Phi) is 5.71. The first-order valence-electron chi connectivity index (χ1n) is 8.15. The molecule has 136 valence electrons. The third-order valence-electron chi connectivity index (χ3n) is 3.60. The molecule has 1 aromatic carbocycles. The highest BCUT2D eigenvalue weighted by molar-refractivity contribution is 5.98. The van der Waals surface area contributed by atoms with Crippen molar-refractivity contribution in [2.24, 2.45) is 5.73 Å². The second-order valence-electron chi connectivity index (χ2n) is 6.37. The van der Waals surface area contributed by atoms with Gasteiger partial charge >= 0.3 is 0 Å². The third-order valence-corrected chi connectivity index (χ3v) is 3.60. The molecule has 0 radical (unpaired) electrons. The SMILES string of the molecule is CC(=O)C(Nc1cnc(C(N)=O)c(Nc2cc(C)cc(C)c2)n1)=C(C)C. The molecule has 1 aromatic heterocycles. The van der Waals surface area contributed by atoms with E-state index in [-0.39, 0.29) is 17.3 Å². The summed E-state index contributed by atoms with van der Waals surface area (Å²) in [6, 6.07) is 5.89. The van der Waals surface area contributed by atoms with Crippen molar-refractivity contribution in [2.75, 3.05) is 10.6 Å². The zero-order valence-electron chi connectivity index (χ0n) is 15.6. The first-order valence-corrected chi connectivity index (χ1v) is 8.15. The lowest BCUT2D eigenvalue weighted by molar-refractivity contribution is -0.113. The lowest BCUT2D eigenvalue weighted by Crippen LogP contribution is -2.18. The number of rotatable bonds is 6. The number of nitrogens with two attached hydrogens (primary N) is 1. The van der Waals surface area contributed by atoms with Gasteiger partial charge in [0.15, 0.2) is 23.1 Å². The van der Waals surface area contributed by atoms with Crippen LogP contribution in [0, 0.1) is 13.8 Å². The van der Waals surface area contributed by atoms with Crippen molar-refractivity contribution in [3.8, 4) is 0 Å². The van der Waals surface area contributed by atoms with Gasteiger partial charge in [0.25, 0.3) is 5.91 Å². The molecule has 1 heterocycles. The fourth-order valence-corrected chi connectivity index (χ4v) is 2.59. The summed E-state index contributed by atoms with van der Waals surface area (Å²) >= 11 is 0. The second kappa shape index (κ2) is 7.77. The average molecular weight is 353 g/mol. The molecular formula is C19H23N5O2. The smallest absolute Gasteiger partial charge is 0.271 e. The normalized spacial score (nSPS) is 10.2. The Balaban J connectivity index is 2.44. The number of carbonyl (C=O) groups is 2. The Morgan fingerprint density at radius 2 is 1.65 bits per heavy atom. The Bertz CT molecular complexity index is 879. The number of hydrogen-bond acceptors (Lipinski definition) is 6. The van der Waals surface area contributed by atoms with E-state index in [1.54, 1.807) is 0 Å². The van der Waals surface area contributed by atoms with E-state index in [0.29, 0.717) is 11.5 Å². The summed E-state index contributed by atoms with van der Waals surface area (Å²) in [7, 11) is 0. The van der Waals surface area contributed by atoms with Crippen LogP contribution in [0.15, 0.2) is 35.7 Å². The number of ketones is 1. The number of nitrogens with zero attached hydrogens (tertiary/aromatic N) is 2. The Morgan fingerprint density at radius 3 is 2.15 bits per heavy atom. The average Bonchev–Trinajstić information content (AvgIpc) is 2.50. The van der Waals surface area contributed by atoms with E-state index in [0.717, 1.165) is 22.4 Å². The standard InChI is InChI=1S/C19H23N5O2/c1-10(2)16(13(5)25)23-15-9-21-17(18(20)26)19(24-15)22-14-7-11(3)6-12(4)8-14/h6-9H,1-5H3,(H2,20,26)(H2,22,23,24). The van der Waals surface area contributed by atoms with E-state index in [1.807, 2.05) is 45.9 Å². The van der Waals surface area contributed by atoms with Crippen molar-refractivity contribution in [2.45, 2.75) is 34.6 Å². The Hall–Kier alpha value is -3.22. The Morgan fingerprint density at radius 1 is 1.04 bits per heavy atom. The number of anilines is 3. The molecule has 0 aliphatic carbocycles. The van der Waals surface area contributed by atoms with Crippen molar-refractivity contribution in [1.82, 2.24) is 9.97 Å². The zero-order valence-corrected chi connectivity index (χ0v) is 15.6. The van der Waals surface area contributed by atoms with Crippen molar-refractivity contribution < 1.29 is 9.59 Å². The highest BCUT2D eigenvalue weighted by Gasteiger charge is 2.15. The topological polar surface area (TPSA) is 110 Å². The number of aromatic nitrogens is 2.